The smallest absolute Gasteiger partial charge is 0.322 e. The molecule has 24 heavy (non-hydrogen) atoms. The van der Waals surface area contributed by atoms with Gasteiger partial charge in [0.1, 0.15) is 5.82 Å². The number of hydrogen-bond acceptors (Lipinski definition) is 5. The quantitative estimate of drug-likeness (QED) is 0.887. The van der Waals surface area contributed by atoms with E-state index in [1.54, 1.807) is 4.68 Å². The first-order chi connectivity index (χ1) is 11.6. The van der Waals surface area contributed by atoms with E-state index in [1.165, 1.54) is 19.4 Å². The molecule has 0 bridgehead atoms. The van der Waals surface area contributed by atoms with Crippen LogP contribution in [-0.4, -0.2) is 87.9 Å². The van der Waals surface area contributed by atoms with Crippen LogP contribution in [0.4, 0.5) is 10.7 Å². The first-order valence-corrected chi connectivity index (χ1v) is 8.96. The van der Waals surface area contributed by atoms with Gasteiger partial charge < -0.3 is 9.80 Å². The molecule has 0 aromatic carbocycles. The molecular formula is C16H29N7O. The molecule has 0 aliphatic carbocycles. The average molecular weight is 335 g/mol. The molecule has 0 radical (unpaired) electrons. The number of piperidine rings is 1. The molecule has 2 amide bonds. The SMILES string of the molecule is CCn1nc(C)nc1NC(=O)N1CCN(C2CCCN(C)C2)CC1. The van der Waals surface area contributed by atoms with Crippen LogP contribution >= 0.6 is 0 Å². The molecule has 1 atom stereocenters. The van der Waals surface area contributed by atoms with Crippen molar-refractivity contribution in [2.45, 2.75) is 39.3 Å². The van der Waals surface area contributed by atoms with Crippen molar-refractivity contribution in [2.75, 3.05) is 51.6 Å². The predicted molar refractivity (Wildman–Crippen MR) is 93.1 cm³/mol. The zero-order valence-electron chi connectivity index (χ0n) is 15.0. The molecule has 8 nitrogen and oxygen atoms in total. The molecule has 8 heteroatoms. The van der Waals surface area contributed by atoms with Crippen LogP contribution in [0.3, 0.4) is 0 Å². The van der Waals surface area contributed by atoms with Gasteiger partial charge in [0.25, 0.3) is 0 Å². The fraction of sp³-hybridized carbons (Fsp3) is 0.812. The van der Waals surface area contributed by atoms with Gasteiger partial charge in [-0.25, -0.2) is 9.48 Å². The van der Waals surface area contributed by atoms with Gasteiger partial charge in [-0.1, -0.05) is 0 Å². The van der Waals surface area contributed by atoms with Gasteiger partial charge in [0.05, 0.1) is 0 Å². The van der Waals surface area contributed by atoms with E-state index >= 15 is 0 Å². The standard InChI is InChI=1S/C16H29N7O/c1-4-23-15(17-13(2)19-23)18-16(24)22-10-8-21(9-11-22)14-6-5-7-20(3)12-14/h14H,4-12H2,1-3H3,(H,17,18,19,24). The maximum atomic E-state index is 12.5. The van der Waals surface area contributed by atoms with Crippen LogP contribution in [-0.2, 0) is 6.54 Å². The van der Waals surface area contributed by atoms with Crippen LogP contribution in [0.2, 0.25) is 0 Å². The Bertz CT molecular complexity index is 565. The summed E-state index contributed by atoms with van der Waals surface area (Å²) in [4.78, 5) is 23.6. The Labute approximate surface area is 143 Å². The van der Waals surface area contributed by atoms with Gasteiger partial charge in [-0.05, 0) is 40.3 Å². The highest BCUT2D eigenvalue weighted by Gasteiger charge is 2.28. The number of piperazine rings is 1. The maximum Gasteiger partial charge on any atom is 0.324 e. The zero-order valence-corrected chi connectivity index (χ0v) is 15.0. The van der Waals surface area contributed by atoms with E-state index in [1.807, 2.05) is 18.7 Å². The Morgan fingerprint density at radius 2 is 2.00 bits per heavy atom. The summed E-state index contributed by atoms with van der Waals surface area (Å²) in [5, 5.41) is 7.17. The Balaban J connectivity index is 1.51. The fourth-order valence-electron chi connectivity index (χ4n) is 3.67. The first-order valence-electron chi connectivity index (χ1n) is 8.96. The largest absolute Gasteiger partial charge is 0.324 e. The van der Waals surface area contributed by atoms with E-state index in [4.69, 9.17) is 0 Å². The Kier molecular flexibility index (Phi) is 5.35. The van der Waals surface area contributed by atoms with Crippen molar-refractivity contribution in [3.63, 3.8) is 0 Å². The number of anilines is 1. The summed E-state index contributed by atoms with van der Waals surface area (Å²) in [6, 6.07) is 0.567. The number of hydrogen-bond donors (Lipinski definition) is 1. The molecule has 1 unspecified atom stereocenters. The summed E-state index contributed by atoms with van der Waals surface area (Å²) in [7, 11) is 2.20. The minimum absolute atomic E-state index is 0.0717. The van der Waals surface area contributed by atoms with Crippen LogP contribution in [0.1, 0.15) is 25.6 Å². The lowest BCUT2D eigenvalue weighted by molar-refractivity contribution is 0.0717. The number of rotatable bonds is 3. The summed E-state index contributed by atoms with van der Waals surface area (Å²) in [5.41, 5.74) is 0. The number of likely N-dealkylation sites (N-methyl/N-ethyl adjacent to an activating group) is 1. The Hall–Kier alpha value is -1.67. The van der Waals surface area contributed by atoms with E-state index in [0.29, 0.717) is 24.4 Å². The molecular weight excluding hydrogens is 306 g/mol. The molecule has 2 saturated heterocycles. The second kappa shape index (κ2) is 7.48. The molecule has 3 heterocycles. The summed E-state index contributed by atoms with van der Waals surface area (Å²) in [6.07, 6.45) is 2.54. The minimum atomic E-state index is -0.0717. The number of carbonyl (C=O) groups excluding carboxylic acids is 1. The third-order valence-corrected chi connectivity index (χ3v) is 5.01. The number of nitrogens with one attached hydrogen (secondary N) is 1. The van der Waals surface area contributed by atoms with Crippen LogP contribution in [0.15, 0.2) is 0 Å². The van der Waals surface area contributed by atoms with Crippen LogP contribution in [0, 0.1) is 6.92 Å². The van der Waals surface area contributed by atoms with E-state index in [0.717, 1.165) is 32.7 Å². The summed E-state index contributed by atoms with van der Waals surface area (Å²) in [5.74, 6) is 1.22. The van der Waals surface area contributed by atoms with Crippen molar-refractivity contribution in [2.24, 2.45) is 0 Å². The monoisotopic (exact) mass is 335 g/mol. The molecule has 0 spiro atoms. The molecule has 3 rings (SSSR count). The summed E-state index contributed by atoms with van der Waals surface area (Å²) < 4.78 is 1.72. The number of likely N-dealkylation sites (tertiary alicyclic amines) is 1. The van der Waals surface area contributed by atoms with Crippen molar-refractivity contribution in [3.8, 4) is 0 Å². The van der Waals surface area contributed by atoms with Crippen LogP contribution < -0.4 is 5.32 Å². The van der Waals surface area contributed by atoms with Gasteiger partial charge in [0.2, 0.25) is 5.95 Å². The molecule has 2 fully saturated rings. The topological polar surface area (TPSA) is 69.5 Å². The lowest BCUT2D eigenvalue weighted by Crippen LogP contribution is -2.56. The number of urea groups is 1. The molecule has 2 aliphatic heterocycles. The van der Waals surface area contributed by atoms with Crippen molar-refractivity contribution in [3.05, 3.63) is 5.82 Å². The van der Waals surface area contributed by atoms with Gasteiger partial charge in [0.15, 0.2) is 0 Å². The molecule has 1 aromatic heterocycles. The lowest BCUT2D eigenvalue weighted by atomic mass is 10.0. The summed E-state index contributed by atoms with van der Waals surface area (Å²) in [6.45, 7) is 10.3. The fourth-order valence-corrected chi connectivity index (χ4v) is 3.67. The molecule has 134 valence electrons. The number of nitrogens with zero attached hydrogens (tertiary/aromatic N) is 6. The number of aromatic nitrogens is 3. The molecule has 2 aliphatic rings. The Morgan fingerprint density at radius 1 is 1.25 bits per heavy atom. The maximum absolute atomic E-state index is 12.5. The van der Waals surface area contributed by atoms with Gasteiger partial charge in [-0.15, -0.1) is 0 Å². The number of aryl methyl sites for hydroxylation is 2. The number of amides is 2. The second-order valence-electron chi connectivity index (χ2n) is 6.81. The van der Waals surface area contributed by atoms with Gasteiger partial charge in [0, 0.05) is 45.3 Å². The normalized spacial score (nSPS) is 23.5. The van der Waals surface area contributed by atoms with Crippen molar-refractivity contribution < 1.29 is 4.79 Å². The van der Waals surface area contributed by atoms with Crippen molar-refractivity contribution in [1.82, 2.24) is 29.5 Å². The minimum Gasteiger partial charge on any atom is -0.322 e. The highest BCUT2D eigenvalue weighted by atomic mass is 16.2. The second-order valence-corrected chi connectivity index (χ2v) is 6.81. The zero-order chi connectivity index (χ0) is 17.1. The van der Waals surface area contributed by atoms with Gasteiger partial charge in [-0.3, -0.25) is 10.2 Å². The first kappa shape index (κ1) is 17.2. The highest BCUT2D eigenvalue weighted by molar-refractivity contribution is 5.87. The van der Waals surface area contributed by atoms with E-state index in [9.17, 15) is 4.79 Å². The highest BCUT2D eigenvalue weighted by Crippen LogP contribution is 2.17. The Morgan fingerprint density at radius 3 is 2.67 bits per heavy atom. The number of carbonyl (C=O) groups is 1. The molecule has 1 N–H and O–H groups in total. The van der Waals surface area contributed by atoms with Crippen LogP contribution in [0.5, 0.6) is 0 Å². The third kappa shape index (κ3) is 3.87. The van der Waals surface area contributed by atoms with Crippen molar-refractivity contribution in [1.29, 1.82) is 0 Å². The van der Waals surface area contributed by atoms with Crippen molar-refractivity contribution >= 4 is 12.0 Å². The average Bonchev–Trinajstić information content (AvgIpc) is 2.94. The predicted octanol–water partition coefficient (Wildman–Crippen LogP) is 0.850. The molecule has 0 saturated carbocycles. The van der Waals surface area contributed by atoms with Gasteiger partial charge in [-0.2, -0.15) is 10.1 Å². The van der Waals surface area contributed by atoms with E-state index in [-0.39, 0.29) is 6.03 Å². The van der Waals surface area contributed by atoms with E-state index in [2.05, 4.69) is 32.2 Å². The molecule has 1 aromatic rings. The third-order valence-electron chi connectivity index (χ3n) is 5.01. The van der Waals surface area contributed by atoms with Gasteiger partial charge >= 0.3 is 6.03 Å². The van der Waals surface area contributed by atoms with Crippen LogP contribution in [0.25, 0.3) is 0 Å². The van der Waals surface area contributed by atoms with E-state index < -0.39 is 0 Å². The summed E-state index contributed by atoms with van der Waals surface area (Å²) >= 11 is 0. The lowest BCUT2D eigenvalue weighted by Gasteiger charge is -2.42.